The molecule has 11 heteroatoms. The van der Waals surface area contributed by atoms with Crippen molar-refractivity contribution in [3.8, 4) is 23.0 Å². The van der Waals surface area contributed by atoms with Gasteiger partial charge in [0.1, 0.15) is 6.61 Å². The van der Waals surface area contributed by atoms with Crippen molar-refractivity contribution >= 4 is 23.4 Å². The molecule has 224 valence electrons. The summed E-state index contributed by atoms with van der Waals surface area (Å²) in [5.74, 6) is 1.23. The van der Waals surface area contributed by atoms with Gasteiger partial charge in [0.15, 0.2) is 27.8 Å². The lowest BCUT2D eigenvalue weighted by Gasteiger charge is -2.25. The molecule has 0 bridgehead atoms. The fraction of sp³-hybridized carbons (Fsp3) is 0.387. The second kappa shape index (κ2) is 13.7. The number of aromatic nitrogens is 1. The van der Waals surface area contributed by atoms with E-state index in [4.69, 9.17) is 23.7 Å². The first-order chi connectivity index (χ1) is 20.2. The zero-order valence-electron chi connectivity index (χ0n) is 24.6. The van der Waals surface area contributed by atoms with Gasteiger partial charge in [0.25, 0.3) is 5.56 Å². The molecule has 0 amide bonds. The molecule has 4 rings (SSSR count). The van der Waals surface area contributed by atoms with E-state index in [-0.39, 0.29) is 35.8 Å². The summed E-state index contributed by atoms with van der Waals surface area (Å²) in [5, 5.41) is 9.98. The van der Waals surface area contributed by atoms with E-state index in [1.807, 2.05) is 6.07 Å². The molecule has 10 nitrogen and oxygen atoms in total. The standard InChI is InChI=1S/C31H36N2O8S/c1-18(2)11-12-40-23-10-8-21(17-25(23)39-6)28-27(30(36)41-14-13-37-4)19(3)32-31-33(28)29(35)26(42-31)16-20-7-9-22(34)24(15-20)38-5/h7-10,15-18,28,34H,11-14H2,1-6H3. The van der Waals surface area contributed by atoms with E-state index in [2.05, 4.69) is 18.8 Å². The Morgan fingerprint density at radius 2 is 1.81 bits per heavy atom. The average Bonchev–Trinajstić information content (AvgIpc) is 3.27. The lowest BCUT2D eigenvalue weighted by molar-refractivity contribution is -0.140. The molecule has 0 aliphatic carbocycles. The van der Waals surface area contributed by atoms with Gasteiger partial charge in [-0.15, -0.1) is 0 Å². The number of carbonyl (C=O) groups excluding carboxylic acids is 1. The molecular weight excluding hydrogens is 560 g/mol. The number of phenols is 1. The lowest BCUT2D eigenvalue weighted by Crippen LogP contribution is -2.40. The smallest absolute Gasteiger partial charge is 0.338 e. The zero-order valence-corrected chi connectivity index (χ0v) is 25.4. The molecule has 42 heavy (non-hydrogen) atoms. The summed E-state index contributed by atoms with van der Waals surface area (Å²) in [6.07, 6.45) is 2.58. The molecule has 1 aliphatic rings. The van der Waals surface area contributed by atoms with Crippen LogP contribution in [0.5, 0.6) is 23.0 Å². The van der Waals surface area contributed by atoms with Crippen molar-refractivity contribution in [3.05, 3.63) is 78.5 Å². The van der Waals surface area contributed by atoms with E-state index in [1.54, 1.807) is 44.4 Å². The molecule has 0 radical (unpaired) electrons. The molecule has 0 saturated carbocycles. The highest BCUT2D eigenvalue weighted by molar-refractivity contribution is 7.07. The maximum absolute atomic E-state index is 13.9. The zero-order chi connectivity index (χ0) is 30.4. The van der Waals surface area contributed by atoms with Crippen LogP contribution in [0.2, 0.25) is 0 Å². The normalized spacial score (nSPS) is 14.9. The molecule has 3 aromatic rings. The number of ether oxygens (including phenoxy) is 5. The maximum Gasteiger partial charge on any atom is 0.338 e. The topological polar surface area (TPSA) is 118 Å². The van der Waals surface area contributed by atoms with E-state index >= 15 is 0 Å². The highest BCUT2D eigenvalue weighted by atomic mass is 32.1. The number of aromatic hydroxyl groups is 1. The minimum atomic E-state index is -0.827. The highest BCUT2D eigenvalue weighted by Crippen LogP contribution is 2.36. The number of fused-ring (bicyclic) bond motifs is 1. The Bertz CT molecular complexity index is 1650. The molecule has 1 aromatic heterocycles. The Labute approximate surface area is 248 Å². The van der Waals surface area contributed by atoms with Crippen LogP contribution in [0.15, 0.2) is 57.5 Å². The number of esters is 1. The summed E-state index contributed by atoms with van der Waals surface area (Å²) in [5.41, 5.74) is 1.65. The number of benzene rings is 2. The van der Waals surface area contributed by atoms with Crippen LogP contribution in [0.4, 0.5) is 0 Å². The Hall–Kier alpha value is -4.09. The summed E-state index contributed by atoms with van der Waals surface area (Å²) in [6.45, 7) is 6.79. The Morgan fingerprint density at radius 3 is 2.50 bits per heavy atom. The molecular formula is C31H36N2O8S. The molecule has 1 aliphatic heterocycles. The minimum absolute atomic E-state index is 0.00561. The van der Waals surface area contributed by atoms with E-state index in [9.17, 15) is 14.7 Å². The van der Waals surface area contributed by atoms with Gasteiger partial charge in [0.05, 0.1) is 49.3 Å². The number of thiazole rings is 1. The fourth-order valence-corrected chi connectivity index (χ4v) is 5.55. The predicted octanol–water partition coefficient (Wildman–Crippen LogP) is 3.57. The monoisotopic (exact) mass is 596 g/mol. The molecule has 1 unspecified atom stereocenters. The summed E-state index contributed by atoms with van der Waals surface area (Å²) < 4.78 is 29.3. The number of rotatable bonds is 12. The summed E-state index contributed by atoms with van der Waals surface area (Å²) in [6, 6.07) is 9.37. The Balaban J connectivity index is 1.85. The first-order valence-electron chi connectivity index (χ1n) is 13.5. The lowest BCUT2D eigenvalue weighted by atomic mass is 9.95. The van der Waals surface area contributed by atoms with Crippen molar-refractivity contribution in [2.24, 2.45) is 10.9 Å². The molecule has 2 aromatic carbocycles. The van der Waals surface area contributed by atoms with E-state index in [1.165, 1.54) is 36.2 Å². The van der Waals surface area contributed by atoms with E-state index in [0.29, 0.717) is 50.2 Å². The summed E-state index contributed by atoms with van der Waals surface area (Å²) >= 11 is 1.20. The molecule has 0 saturated heterocycles. The van der Waals surface area contributed by atoms with E-state index < -0.39 is 12.0 Å². The van der Waals surface area contributed by atoms with Gasteiger partial charge in [-0.1, -0.05) is 37.3 Å². The largest absolute Gasteiger partial charge is 0.504 e. The SMILES string of the molecule is COCCOC(=O)C1=C(C)N=c2sc(=Cc3ccc(O)c(OC)c3)c(=O)n2C1c1ccc(OCCC(C)C)c(OC)c1. The molecule has 0 fully saturated rings. The molecule has 1 atom stereocenters. The van der Waals surface area contributed by atoms with Crippen LogP contribution < -0.4 is 29.1 Å². The summed E-state index contributed by atoms with van der Waals surface area (Å²) in [4.78, 5) is 32.4. The van der Waals surface area contributed by atoms with Crippen LogP contribution in [-0.4, -0.2) is 56.8 Å². The Morgan fingerprint density at radius 1 is 1.05 bits per heavy atom. The Kier molecular flexibility index (Phi) is 10.1. The van der Waals surface area contributed by atoms with Gasteiger partial charge >= 0.3 is 5.97 Å². The van der Waals surface area contributed by atoms with Gasteiger partial charge in [0, 0.05) is 7.11 Å². The highest BCUT2D eigenvalue weighted by Gasteiger charge is 2.34. The van der Waals surface area contributed by atoms with Crippen LogP contribution in [-0.2, 0) is 14.3 Å². The van der Waals surface area contributed by atoms with Gasteiger partial charge in [-0.05, 0) is 60.7 Å². The number of carbonyl (C=O) groups is 1. The van der Waals surface area contributed by atoms with Crippen molar-refractivity contribution in [1.82, 2.24) is 4.57 Å². The van der Waals surface area contributed by atoms with Gasteiger partial charge in [0.2, 0.25) is 0 Å². The van der Waals surface area contributed by atoms with Crippen LogP contribution >= 0.6 is 11.3 Å². The van der Waals surface area contributed by atoms with Crippen LogP contribution in [0, 0.1) is 5.92 Å². The summed E-state index contributed by atoms with van der Waals surface area (Å²) in [7, 11) is 4.53. The minimum Gasteiger partial charge on any atom is -0.504 e. The van der Waals surface area contributed by atoms with Crippen LogP contribution in [0.3, 0.4) is 0 Å². The van der Waals surface area contributed by atoms with Gasteiger partial charge in [-0.25, -0.2) is 9.79 Å². The number of hydrogen-bond acceptors (Lipinski definition) is 10. The fourth-order valence-electron chi connectivity index (χ4n) is 4.51. The second-order valence-electron chi connectivity index (χ2n) is 10.1. The average molecular weight is 597 g/mol. The van der Waals surface area contributed by atoms with Gasteiger partial charge in [-0.3, -0.25) is 9.36 Å². The van der Waals surface area contributed by atoms with Crippen molar-refractivity contribution in [1.29, 1.82) is 0 Å². The van der Waals surface area contributed by atoms with Gasteiger partial charge in [-0.2, -0.15) is 0 Å². The maximum atomic E-state index is 13.9. The third-order valence-electron chi connectivity index (χ3n) is 6.72. The predicted molar refractivity (Wildman–Crippen MR) is 159 cm³/mol. The van der Waals surface area contributed by atoms with E-state index in [0.717, 1.165) is 6.42 Å². The molecule has 1 N–H and O–H groups in total. The number of methoxy groups -OCH3 is 3. The van der Waals surface area contributed by atoms with Crippen LogP contribution in [0.1, 0.15) is 44.4 Å². The quantitative estimate of drug-likeness (QED) is 0.249. The van der Waals surface area contributed by atoms with Crippen LogP contribution in [0.25, 0.3) is 6.08 Å². The van der Waals surface area contributed by atoms with Crippen molar-refractivity contribution in [3.63, 3.8) is 0 Å². The first-order valence-corrected chi connectivity index (χ1v) is 14.4. The number of nitrogens with zero attached hydrogens (tertiary/aromatic N) is 2. The third-order valence-corrected chi connectivity index (χ3v) is 7.70. The molecule has 2 heterocycles. The van der Waals surface area contributed by atoms with Gasteiger partial charge < -0.3 is 28.8 Å². The van der Waals surface area contributed by atoms with Crippen molar-refractivity contribution in [2.45, 2.75) is 33.2 Å². The molecule has 0 spiro atoms. The number of allylic oxidation sites excluding steroid dienone is 1. The van der Waals surface area contributed by atoms with Crippen molar-refractivity contribution in [2.75, 3.05) is 41.2 Å². The first kappa shape index (κ1) is 30.9. The third kappa shape index (κ3) is 6.69. The second-order valence-corrected chi connectivity index (χ2v) is 11.1. The number of hydrogen-bond donors (Lipinski definition) is 1. The van der Waals surface area contributed by atoms with Crippen molar-refractivity contribution < 1.29 is 33.6 Å². The number of phenolic OH excluding ortho intramolecular Hbond substituents is 1.